The molecule has 3 rings (SSSR count). The lowest BCUT2D eigenvalue weighted by Gasteiger charge is -2.09. The van der Waals surface area contributed by atoms with Gasteiger partial charge in [0.05, 0.1) is 12.8 Å². The summed E-state index contributed by atoms with van der Waals surface area (Å²) in [6, 6.07) is 15.7. The smallest absolute Gasteiger partial charge is 0.259 e. The first-order valence-corrected chi connectivity index (χ1v) is 9.81. The highest BCUT2D eigenvalue weighted by Gasteiger charge is 2.10. The van der Waals surface area contributed by atoms with Crippen LogP contribution in [0.15, 0.2) is 53.6 Å². The van der Waals surface area contributed by atoms with Gasteiger partial charge in [0.1, 0.15) is 0 Å². The number of hydrazone groups is 1. The van der Waals surface area contributed by atoms with Crippen LogP contribution in [0.4, 0.5) is 5.69 Å². The molecular formula is C23H25ClN4O. The molecule has 0 aliphatic heterocycles. The van der Waals surface area contributed by atoms with Crippen molar-refractivity contribution in [3.8, 4) is 5.69 Å². The van der Waals surface area contributed by atoms with Crippen LogP contribution in [0.2, 0.25) is 5.02 Å². The second-order valence-corrected chi connectivity index (χ2v) is 7.52. The Kier molecular flexibility index (Phi) is 6.39. The van der Waals surface area contributed by atoms with E-state index in [0.717, 1.165) is 28.3 Å². The van der Waals surface area contributed by atoms with Crippen molar-refractivity contribution in [1.29, 1.82) is 0 Å². The second-order valence-electron chi connectivity index (χ2n) is 7.09. The first-order chi connectivity index (χ1) is 13.8. The van der Waals surface area contributed by atoms with Gasteiger partial charge < -0.3 is 9.88 Å². The Morgan fingerprint density at radius 3 is 2.59 bits per heavy atom. The summed E-state index contributed by atoms with van der Waals surface area (Å²) in [5, 5.41) is 7.91. The van der Waals surface area contributed by atoms with Crippen LogP contribution in [0.5, 0.6) is 0 Å². The van der Waals surface area contributed by atoms with Gasteiger partial charge in [0.25, 0.3) is 5.91 Å². The molecule has 0 bridgehead atoms. The Bertz CT molecular complexity index is 1070. The van der Waals surface area contributed by atoms with E-state index >= 15 is 0 Å². The third-order valence-corrected chi connectivity index (χ3v) is 5.12. The van der Waals surface area contributed by atoms with Gasteiger partial charge in [0, 0.05) is 33.3 Å². The van der Waals surface area contributed by atoms with Crippen molar-refractivity contribution >= 4 is 29.4 Å². The minimum Gasteiger partial charge on any atom is -0.376 e. The summed E-state index contributed by atoms with van der Waals surface area (Å²) in [4.78, 5) is 12.1. The summed E-state index contributed by atoms with van der Waals surface area (Å²) in [7, 11) is 0. The fourth-order valence-corrected chi connectivity index (χ4v) is 3.36. The van der Waals surface area contributed by atoms with Gasteiger partial charge in [-0.15, -0.1) is 0 Å². The van der Waals surface area contributed by atoms with Crippen molar-refractivity contribution in [1.82, 2.24) is 9.99 Å². The molecule has 1 amide bonds. The summed E-state index contributed by atoms with van der Waals surface area (Å²) < 4.78 is 2.11. The molecule has 0 atom stereocenters. The summed E-state index contributed by atoms with van der Waals surface area (Å²) in [5.74, 6) is -0.205. The molecule has 0 radical (unpaired) electrons. The zero-order valence-corrected chi connectivity index (χ0v) is 17.8. The number of rotatable bonds is 6. The highest BCUT2D eigenvalue weighted by molar-refractivity contribution is 6.30. The minimum atomic E-state index is -0.205. The van der Waals surface area contributed by atoms with E-state index in [9.17, 15) is 4.79 Å². The largest absolute Gasteiger partial charge is 0.376 e. The number of aryl methyl sites for hydroxylation is 3. The normalized spacial score (nSPS) is 11.1. The van der Waals surface area contributed by atoms with E-state index in [-0.39, 0.29) is 12.5 Å². The van der Waals surface area contributed by atoms with E-state index < -0.39 is 0 Å². The summed E-state index contributed by atoms with van der Waals surface area (Å²) in [6.45, 7) is 8.30. The standard InChI is InChI=1S/C23H25ClN4O/c1-15-8-9-21(10-16(15)2)25-14-23(29)27-26-13-19-11-17(3)28(18(19)4)22-7-5-6-20(24)12-22/h5-13,25H,14H2,1-4H3,(H,27,29)/b26-13-. The topological polar surface area (TPSA) is 58.4 Å². The van der Waals surface area contributed by atoms with Crippen LogP contribution in [0.1, 0.15) is 28.1 Å². The molecule has 1 aromatic heterocycles. The lowest BCUT2D eigenvalue weighted by atomic mass is 10.1. The third kappa shape index (κ3) is 5.06. The average Bonchev–Trinajstić information content (AvgIpc) is 2.96. The first kappa shape index (κ1) is 20.7. The molecule has 150 valence electrons. The number of anilines is 1. The zero-order chi connectivity index (χ0) is 21.0. The van der Waals surface area contributed by atoms with Crippen molar-refractivity contribution < 1.29 is 4.79 Å². The molecule has 2 aromatic carbocycles. The van der Waals surface area contributed by atoms with Gasteiger partial charge >= 0.3 is 0 Å². The molecule has 3 aromatic rings. The maximum Gasteiger partial charge on any atom is 0.259 e. The molecule has 6 heteroatoms. The Morgan fingerprint density at radius 1 is 1.07 bits per heavy atom. The van der Waals surface area contributed by atoms with E-state index in [1.54, 1.807) is 6.21 Å². The Labute approximate surface area is 176 Å². The van der Waals surface area contributed by atoms with E-state index in [2.05, 4.69) is 27.3 Å². The van der Waals surface area contributed by atoms with Crippen LogP contribution < -0.4 is 10.7 Å². The van der Waals surface area contributed by atoms with Gasteiger partial charge in [0.15, 0.2) is 0 Å². The van der Waals surface area contributed by atoms with E-state index in [4.69, 9.17) is 11.6 Å². The van der Waals surface area contributed by atoms with Crippen LogP contribution in [0.3, 0.4) is 0 Å². The Hall–Kier alpha value is -3.05. The van der Waals surface area contributed by atoms with Gasteiger partial charge in [-0.25, -0.2) is 5.43 Å². The number of benzene rings is 2. The maximum atomic E-state index is 12.1. The molecular weight excluding hydrogens is 384 g/mol. The molecule has 0 unspecified atom stereocenters. The molecule has 1 heterocycles. The zero-order valence-electron chi connectivity index (χ0n) is 17.1. The molecule has 0 aliphatic rings. The number of nitrogens with one attached hydrogen (secondary N) is 2. The number of hydrogen-bond donors (Lipinski definition) is 2. The first-order valence-electron chi connectivity index (χ1n) is 9.43. The molecule has 0 aliphatic carbocycles. The predicted octanol–water partition coefficient (Wildman–Crippen LogP) is 4.93. The number of carbonyl (C=O) groups is 1. The lowest BCUT2D eigenvalue weighted by molar-refractivity contribution is -0.119. The Morgan fingerprint density at radius 2 is 1.86 bits per heavy atom. The van der Waals surface area contributed by atoms with Crippen molar-refractivity contribution in [2.75, 3.05) is 11.9 Å². The van der Waals surface area contributed by atoms with Crippen LogP contribution in [0, 0.1) is 27.7 Å². The molecule has 2 N–H and O–H groups in total. The van der Waals surface area contributed by atoms with Crippen molar-refractivity contribution in [2.45, 2.75) is 27.7 Å². The van der Waals surface area contributed by atoms with Gasteiger partial charge in [0.2, 0.25) is 0 Å². The van der Waals surface area contributed by atoms with E-state index in [1.165, 1.54) is 11.1 Å². The molecule has 0 saturated carbocycles. The SMILES string of the molecule is Cc1ccc(NCC(=O)N/N=C\c2cc(C)n(-c3cccc(Cl)c3)c2C)cc1C. The van der Waals surface area contributed by atoms with E-state index in [1.807, 2.05) is 69.3 Å². The molecule has 0 saturated heterocycles. The van der Waals surface area contributed by atoms with Gasteiger partial charge in [-0.1, -0.05) is 23.7 Å². The molecule has 0 fully saturated rings. The second kappa shape index (κ2) is 8.97. The number of halogens is 1. The van der Waals surface area contributed by atoms with E-state index in [0.29, 0.717) is 5.02 Å². The number of carbonyl (C=O) groups excluding carboxylic acids is 1. The highest BCUT2D eigenvalue weighted by atomic mass is 35.5. The predicted molar refractivity (Wildman–Crippen MR) is 120 cm³/mol. The summed E-state index contributed by atoms with van der Waals surface area (Å²) in [6.07, 6.45) is 1.66. The van der Waals surface area contributed by atoms with Crippen LogP contribution in [-0.2, 0) is 4.79 Å². The monoisotopic (exact) mass is 408 g/mol. The van der Waals surface area contributed by atoms with Crippen LogP contribution >= 0.6 is 11.6 Å². The number of aromatic nitrogens is 1. The molecule has 0 spiro atoms. The number of hydrogen-bond acceptors (Lipinski definition) is 3. The molecule has 5 nitrogen and oxygen atoms in total. The van der Waals surface area contributed by atoms with Crippen molar-refractivity contribution in [3.63, 3.8) is 0 Å². The van der Waals surface area contributed by atoms with Crippen LogP contribution in [-0.4, -0.2) is 23.2 Å². The van der Waals surface area contributed by atoms with Gasteiger partial charge in [-0.2, -0.15) is 5.10 Å². The van der Waals surface area contributed by atoms with Crippen molar-refractivity contribution in [2.24, 2.45) is 5.10 Å². The Balaban J connectivity index is 1.62. The molecule has 29 heavy (non-hydrogen) atoms. The third-order valence-electron chi connectivity index (χ3n) is 4.89. The fourth-order valence-electron chi connectivity index (χ4n) is 3.18. The minimum absolute atomic E-state index is 0.154. The quantitative estimate of drug-likeness (QED) is 0.449. The lowest BCUT2D eigenvalue weighted by Crippen LogP contribution is -2.25. The van der Waals surface area contributed by atoms with Crippen molar-refractivity contribution in [3.05, 3.63) is 81.6 Å². The van der Waals surface area contributed by atoms with Gasteiger partial charge in [-0.3, -0.25) is 4.79 Å². The maximum absolute atomic E-state index is 12.1. The fraction of sp³-hybridized carbons (Fsp3) is 0.217. The van der Waals surface area contributed by atoms with Gasteiger partial charge in [-0.05, 0) is 75.2 Å². The number of nitrogens with zero attached hydrogens (tertiary/aromatic N) is 2. The van der Waals surface area contributed by atoms with Crippen LogP contribution in [0.25, 0.3) is 5.69 Å². The highest BCUT2D eigenvalue weighted by Crippen LogP contribution is 2.22. The summed E-state index contributed by atoms with van der Waals surface area (Å²) in [5.41, 5.74) is 9.91. The summed E-state index contributed by atoms with van der Waals surface area (Å²) >= 11 is 6.12. The number of amides is 1. The average molecular weight is 409 g/mol.